The Balaban J connectivity index is 2.45. The molecule has 1 heterocycles. The number of hydrogen-bond donors (Lipinski definition) is 1. The molecule has 2 aromatic rings. The van der Waals surface area contributed by atoms with Gasteiger partial charge in [0.1, 0.15) is 12.3 Å². The van der Waals surface area contributed by atoms with Crippen LogP contribution >= 0.6 is 0 Å². The van der Waals surface area contributed by atoms with Gasteiger partial charge in [0.15, 0.2) is 11.6 Å². The van der Waals surface area contributed by atoms with Gasteiger partial charge in [0.2, 0.25) is 0 Å². The van der Waals surface area contributed by atoms with E-state index in [4.69, 9.17) is 4.74 Å². The molecule has 1 aromatic carbocycles. The molecular weight excluding hydrogens is 511 g/mol. The van der Waals surface area contributed by atoms with Gasteiger partial charge in [-0.3, -0.25) is 14.8 Å². The number of amides is 1. The van der Waals surface area contributed by atoms with Crippen LogP contribution in [-0.4, -0.2) is 47.9 Å². The lowest BCUT2D eigenvalue weighted by Gasteiger charge is -2.21. The molecule has 0 spiro atoms. The van der Waals surface area contributed by atoms with E-state index in [1.165, 1.54) is 33.1 Å². The van der Waals surface area contributed by atoms with Crippen molar-refractivity contribution in [2.24, 2.45) is 9.98 Å². The third-order valence-electron chi connectivity index (χ3n) is 5.17. The Kier molecular flexibility index (Phi) is 9.76. The fourth-order valence-corrected chi connectivity index (χ4v) is 3.15. The summed E-state index contributed by atoms with van der Waals surface area (Å²) < 4.78 is 70.1. The number of benzene rings is 1. The number of carbonyl (C=O) groups excluding carboxylic acids is 1. The maximum Gasteiger partial charge on any atom is 0.416 e. The molecule has 1 amide bonds. The second-order valence-corrected chi connectivity index (χ2v) is 8.45. The summed E-state index contributed by atoms with van der Waals surface area (Å²) in [6.07, 6.45) is -3.73. The van der Waals surface area contributed by atoms with Crippen LogP contribution in [0.5, 0.6) is 5.75 Å². The van der Waals surface area contributed by atoms with Crippen molar-refractivity contribution >= 4 is 24.5 Å². The van der Waals surface area contributed by atoms with Crippen molar-refractivity contribution in [2.75, 3.05) is 6.61 Å². The lowest BCUT2D eigenvalue weighted by atomic mass is 9.84. The van der Waals surface area contributed by atoms with Gasteiger partial charge < -0.3 is 10.1 Å². The van der Waals surface area contributed by atoms with Gasteiger partial charge in [-0.2, -0.15) is 18.4 Å². The van der Waals surface area contributed by atoms with Crippen LogP contribution in [0.25, 0.3) is 5.70 Å². The Morgan fingerprint density at radius 2 is 1.82 bits per heavy atom. The number of aromatic nitrogens is 2. The molecule has 1 N–H and O–H groups in total. The molecule has 0 aliphatic carbocycles. The summed E-state index contributed by atoms with van der Waals surface area (Å²) >= 11 is 0. The van der Waals surface area contributed by atoms with Gasteiger partial charge in [-0.15, -0.1) is 0 Å². The highest BCUT2D eigenvalue weighted by Gasteiger charge is 2.34. The number of carbonyl (C=O) groups is 1. The Labute approximate surface area is 216 Å². The van der Waals surface area contributed by atoms with E-state index in [1.54, 1.807) is 6.92 Å². The SMILES string of the molecule is C=N/C(=C(\N=CC)c1ncc(OCC(F)F)cn1)C(C)NC(=O)c1cc(C(F)(F)F)cc(C(C)(C)C#N)c1. The Bertz CT molecular complexity index is 1260. The van der Waals surface area contributed by atoms with Crippen molar-refractivity contribution in [3.05, 3.63) is 58.8 Å². The van der Waals surface area contributed by atoms with E-state index in [-0.39, 0.29) is 34.1 Å². The smallest absolute Gasteiger partial charge is 0.416 e. The Morgan fingerprint density at radius 3 is 2.32 bits per heavy atom. The molecule has 1 atom stereocenters. The summed E-state index contributed by atoms with van der Waals surface area (Å²) in [6.45, 7) is 8.60. The minimum absolute atomic E-state index is 0.00752. The molecule has 2 rings (SSSR count). The van der Waals surface area contributed by atoms with Gasteiger partial charge >= 0.3 is 6.18 Å². The minimum atomic E-state index is -4.75. The number of ether oxygens (including phenoxy) is 1. The number of nitriles is 1. The van der Waals surface area contributed by atoms with Crippen molar-refractivity contribution < 1.29 is 31.5 Å². The zero-order valence-electron chi connectivity index (χ0n) is 21.0. The molecule has 0 bridgehead atoms. The highest BCUT2D eigenvalue weighted by Crippen LogP contribution is 2.34. The quantitative estimate of drug-likeness (QED) is 0.331. The second kappa shape index (κ2) is 12.4. The molecule has 13 heteroatoms. The highest BCUT2D eigenvalue weighted by molar-refractivity contribution is 5.95. The molecule has 0 aliphatic rings. The molecule has 0 saturated heterocycles. The van der Waals surface area contributed by atoms with Crippen LogP contribution in [0.15, 0.2) is 46.3 Å². The third kappa shape index (κ3) is 7.64. The zero-order chi connectivity index (χ0) is 28.7. The van der Waals surface area contributed by atoms with E-state index in [2.05, 4.69) is 32.0 Å². The van der Waals surface area contributed by atoms with Crippen LogP contribution in [-0.2, 0) is 11.6 Å². The summed E-state index contributed by atoms with van der Waals surface area (Å²) in [5.74, 6) is -0.867. The number of alkyl halides is 5. The van der Waals surface area contributed by atoms with Crippen LogP contribution in [0.1, 0.15) is 55.0 Å². The largest absolute Gasteiger partial charge is 0.484 e. The molecule has 1 unspecified atom stereocenters. The van der Waals surface area contributed by atoms with Crippen LogP contribution in [0.4, 0.5) is 22.0 Å². The molecule has 8 nitrogen and oxygen atoms in total. The van der Waals surface area contributed by atoms with Crippen molar-refractivity contribution in [1.29, 1.82) is 5.26 Å². The monoisotopic (exact) mass is 536 g/mol. The first-order chi connectivity index (χ1) is 17.7. The zero-order valence-corrected chi connectivity index (χ0v) is 21.0. The average molecular weight is 537 g/mol. The average Bonchev–Trinajstić information content (AvgIpc) is 2.86. The van der Waals surface area contributed by atoms with Crippen molar-refractivity contribution in [2.45, 2.75) is 51.8 Å². The summed E-state index contributed by atoms with van der Waals surface area (Å²) in [6, 6.07) is 3.74. The Morgan fingerprint density at radius 1 is 1.21 bits per heavy atom. The molecule has 1 aromatic heterocycles. The van der Waals surface area contributed by atoms with Gasteiger partial charge in [0.25, 0.3) is 12.3 Å². The Hall–Kier alpha value is -4.21. The van der Waals surface area contributed by atoms with Crippen molar-refractivity contribution in [3.63, 3.8) is 0 Å². The van der Waals surface area contributed by atoms with Crippen LogP contribution in [0.2, 0.25) is 0 Å². The van der Waals surface area contributed by atoms with E-state index in [9.17, 15) is 32.0 Å². The topological polar surface area (TPSA) is 113 Å². The number of halogens is 5. The predicted molar refractivity (Wildman–Crippen MR) is 131 cm³/mol. The highest BCUT2D eigenvalue weighted by atomic mass is 19.4. The van der Waals surface area contributed by atoms with Crippen LogP contribution in [0, 0.1) is 11.3 Å². The third-order valence-corrected chi connectivity index (χ3v) is 5.17. The fraction of sp³-hybridized carbons (Fsp3) is 0.360. The maximum absolute atomic E-state index is 13.5. The second-order valence-electron chi connectivity index (χ2n) is 8.45. The molecule has 38 heavy (non-hydrogen) atoms. The normalized spacial score (nSPS) is 13.6. The summed E-state index contributed by atoms with van der Waals surface area (Å²) in [5.41, 5.74) is -2.50. The van der Waals surface area contributed by atoms with E-state index in [1.807, 2.05) is 6.07 Å². The first-order valence-corrected chi connectivity index (χ1v) is 11.1. The molecule has 0 fully saturated rings. The van der Waals surface area contributed by atoms with Crippen molar-refractivity contribution in [3.8, 4) is 11.8 Å². The number of hydrogen-bond acceptors (Lipinski definition) is 7. The first kappa shape index (κ1) is 30.0. The molecule has 0 radical (unpaired) electrons. The maximum atomic E-state index is 13.5. The van der Waals surface area contributed by atoms with Gasteiger partial charge in [0.05, 0.1) is 41.2 Å². The number of aliphatic imine (C=N–C) groups is 2. The molecule has 0 aliphatic heterocycles. The first-order valence-electron chi connectivity index (χ1n) is 11.1. The van der Waals surface area contributed by atoms with E-state index < -0.39 is 42.1 Å². The van der Waals surface area contributed by atoms with Crippen molar-refractivity contribution in [1.82, 2.24) is 15.3 Å². The van der Waals surface area contributed by atoms with Gasteiger partial charge in [-0.1, -0.05) is 0 Å². The van der Waals surface area contributed by atoms with Crippen LogP contribution in [0.3, 0.4) is 0 Å². The van der Waals surface area contributed by atoms with Crippen LogP contribution < -0.4 is 10.1 Å². The minimum Gasteiger partial charge on any atom is -0.484 e. The van der Waals surface area contributed by atoms with Gasteiger partial charge in [0, 0.05) is 11.8 Å². The van der Waals surface area contributed by atoms with E-state index in [0.29, 0.717) is 6.07 Å². The molecular formula is C25H25F5N6O2. The lowest BCUT2D eigenvalue weighted by molar-refractivity contribution is -0.137. The molecule has 202 valence electrons. The van der Waals surface area contributed by atoms with Gasteiger partial charge in [-0.25, -0.2) is 18.7 Å². The number of nitrogens with zero attached hydrogens (tertiary/aromatic N) is 5. The fourth-order valence-electron chi connectivity index (χ4n) is 3.15. The number of nitrogens with one attached hydrogen (secondary N) is 1. The lowest BCUT2D eigenvalue weighted by Crippen LogP contribution is -2.34. The number of rotatable bonds is 10. The molecule has 0 saturated carbocycles. The standard InChI is InChI=1S/C25H25F5N6O2/c1-6-33-21(22-34-10-18(11-35-22)38-12-19(26)27)20(32-5)14(2)36-23(37)15-7-16(24(3,4)13-31)9-17(8-15)25(28,29)30/h6-11,14,19H,5,12H2,1-4H3,(H,36,37)/b21-20-,33-6?. The summed E-state index contributed by atoms with van der Waals surface area (Å²) in [5, 5.41) is 11.9. The van der Waals surface area contributed by atoms with E-state index >= 15 is 0 Å². The van der Waals surface area contributed by atoms with Gasteiger partial charge in [-0.05, 0) is 58.2 Å². The predicted octanol–water partition coefficient (Wildman–Crippen LogP) is 5.22. The summed E-state index contributed by atoms with van der Waals surface area (Å²) in [7, 11) is 0. The summed E-state index contributed by atoms with van der Waals surface area (Å²) in [4.78, 5) is 29.2. The van der Waals surface area contributed by atoms with E-state index in [0.717, 1.165) is 18.5 Å².